The molecule has 1 saturated carbocycles. The summed E-state index contributed by atoms with van der Waals surface area (Å²) in [6.45, 7) is 5.58. The quantitative estimate of drug-likeness (QED) is 0.797. The summed E-state index contributed by atoms with van der Waals surface area (Å²) in [6, 6.07) is 0.444. The van der Waals surface area contributed by atoms with E-state index in [4.69, 9.17) is 0 Å². The summed E-state index contributed by atoms with van der Waals surface area (Å²) in [4.78, 5) is 0. The van der Waals surface area contributed by atoms with Crippen LogP contribution in [0.4, 0.5) is 0 Å². The van der Waals surface area contributed by atoms with E-state index in [9.17, 15) is 0 Å². The van der Waals surface area contributed by atoms with Gasteiger partial charge in [0.15, 0.2) is 0 Å². The Morgan fingerprint density at radius 2 is 2.40 bits per heavy atom. The molecule has 4 heteroatoms. The van der Waals surface area contributed by atoms with Crippen LogP contribution in [0.25, 0.3) is 0 Å². The monoisotopic (exact) mass is 208 g/mol. The van der Waals surface area contributed by atoms with E-state index in [0.717, 1.165) is 18.4 Å². The molecule has 0 spiro atoms. The number of rotatable bonds is 5. The molecule has 4 nitrogen and oxygen atoms in total. The molecule has 3 atom stereocenters. The maximum Gasteiger partial charge on any atom is 0.0756 e. The molecule has 84 valence electrons. The van der Waals surface area contributed by atoms with Crippen molar-refractivity contribution in [3.8, 4) is 0 Å². The molecule has 2 rings (SSSR count). The van der Waals surface area contributed by atoms with Gasteiger partial charge in [-0.3, -0.25) is 4.68 Å². The Balaban J connectivity index is 2.08. The van der Waals surface area contributed by atoms with Crippen LogP contribution in [0, 0.1) is 11.8 Å². The van der Waals surface area contributed by atoms with E-state index in [1.54, 1.807) is 0 Å². The standard InChI is InChI=1S/C11H20N4/c1-4-5-12-11(9-6-8(9)2)10-7-13-14-15(10)3/h7-9,11-12H,4-6H2,1-3H3. The summed E-state index contributed by atoms with van der Waals surface area (Å²) in [5.74, 6) is 1.61. The van der Waals surface area contributed by atoms with Crippen LogP contribution < -0.4 is 5.32 Å². The van der Waals surface area contributed by atoms with Gasteiger partial charge in [-0.25, -0.2) is 0 Å². The van der Waals surface area contributed by atoms with Crippen LogP contribution in [0.15, 0.2) is 6.20 Å². The minimum Gasteiger partial charge on any atom is -0.308 e. The van der Waals surface area contributed by atoms with E-state index in [1.807, 2.05) is 17.9 Å². The maximum absolute atomic E-state index is 4.01. The van der Waals surface area contributed by atoms with Crippen molar-refractivity contribution in [2.75, 3.05) is 6.54 Å². The van der Waals surface area contributed by atoms with Crippen molar-refractivity contribution in [1.82, 2.24) is 20.3 Å². The Hall–Kier alpha value is -0.900. The van der Waals surface area contributed by atoms with Gasteiger partial charge in [0.2, 0.25) is 0 Å². The van der Waals surface area contributed by atoms with E-state index in [0.29, 0.717) is 6.04 Å². The Morgan fingerprint density at radius 3 is 2.87 bits per heavy atom. The van der Waals surface area contributed by atoms with Crippen molar-refractivity contribution in [2.24, 2.45) is 18.9 Å². The first-order chi connectivity index (χ1) is 7.24. The largest absolute Gasteiger partial charge is 0.308 e. The molecule has 1 aliphatic carbocycles. The van der Waals surface area contributed by atoms with E-state index >= 15 is 0 Å². The van der Waals surface area contributed by atoms with Crippen LogP contribution in [0.1, 0.15) is 38.4 Å². The molecule has 1 aromatic heterocycles. The highest BCUT2D eigenvalue weighted by molar-refractivity contribution is 5.09. The van der Waals surface area contributed by atoms with Crippen LogP contribution in [0.3, 0.4) is 0 Å². The third kappa shape index (κ3) is 2.20. The van der Waals surface area contributed by atoms with Gasteiger partial charge in [-0.2, -0.15) is 0 Å². The van der Waals surface area contributed by atoms with E-state index in [1.165, 1.54) is 18.5 Å². The lowest BCUT2D eigenvalue weighted by molar-refractivity contribution is 0.435. The number of nitrogens with one attached hydrogen (secondary N) is 1. The molecule has 0 aromatic carbocycles. The normalized spacial score (nSPS) is 26.6. The molecule has 1 aromatic rings. The van der Waals surface area contributed by atoms with Gasteiger partial charge < -0.3 is 5.32 Å². The first-order valence-corrected chi connectivity index (χ1v) is 5.82. The van der Waals surface area contributed by atoms with Crippen molar-refractivity contribution < 1.29 is 0 Å². The summed E-state index contributed by atoms with van der Waals surface area (Å²) in [5.41, 5.74) is 1.22. The molecule has 0 aliphatic heterocycles. The van der Waals surface area contributed by atoms with Gasteiger partial charge in [-0.1, -0.05) is 19.1 Å². The predicted octanol–water partition coefficient (Wildman–Crippen LogP) is 1.51. The predicted molar refractivity (Wildman–Crippen MR) is 59.3 cm³/mol. The van der Waals surface area contributed by atoms with E-state index < -0.39 is 0 Å². The molecular formula is C11H20N4. The fraction of sp³-hybridized carbons (Fsp3) is 0.818. The van der Waals surface area contributed by atoms with Gasteiger partial charge in [0.05, 0.1) is 17.9 Å². The lowest BCUT2D eigenvalue weighted by Gasteiger charge is -2.17. The van der Waals surface area contributed by atoms with Gasteiger partial charge in [-0.05, 0) is 31.2 Å². The van der Waals surface area contributed by atoms with Crippen molar-refractivity contribution in [2.45, 2.75) is 32.7 Å². The molecule has 0 saturated heterocycles. The third-order valence-corrected chi connectivity index (χ3v) is 3.28. The topological polar surface area (TPSA) is 42.7 Å². The molecule has 1 fully saturated rings. The van der Waals surface area contributed by atoms with Gasteiger partial charge in [0, 0.05) is 7.05 Å². The lowest BCUT2D eigenvalue weighted by atomic mass is 10.1. The van der Waals surface area contributed by atoms with Gasteiger partial charge >= 0.3 is 0 Å². The highest BCUT2D eigenvalue weighted by Gasteiger charge is 2.41. The summed E-state index contributed by atoms with van der Waals surface area (Å²) >= 11 is 0. The maximum atomic E-state index is 4.01. The van der Waals surface area contributed by atoms with Crippen molar-refractivity contribution in [3.63, 3.8) is 0 Å². The molecule has 0 amide bonds. The molecule has 1 heterocycles. The van der Waals surface area contributed by atoms with Crippen LogP contribution in [0.2, 0.25) is 0 Å². The average Bonchev–Trinajstić information content (AvgIpc) is 2.77. The number of nitrogens with zero attached hydrogens (tertiary/aromatic N) is 3. The molecule has 15 heavy (non-hydrogen) atoms. The molecule has 3 unspecified atom stereocenters. The molecular weight excluding hydrogens is 188 g/mol. The number of hydrogen-bond acceptors (Lipinski definition) is 3. The molecule has 1 N–H and O–H groups in total. The first kappa shape index (κ1) is 10.6. The Labute approximate surface area is 91.1 Å². The fourth-order valence-electron chi connectivity index (χ4n) is 2.17. The molecule has 0 radical (unpaired) electrons. The van der Waals surface area contributed by atoms with Crippen LogP contribution in [0.5, 0.6) is 0 Å². The summed E-state index contributed by atoms with van der Waals surface area (Å²) in [7, 11) is 1.97. The van der Waals surface area contributed by atoms with Crippen molar-refractivity contribution in [1.29, 1.82) is 0 Å². The average molecular weight is 208 g/mol. The number of aryl methyl sites for hydroxylation is 1. The third-order valence-electron chi connectivity index (χ3n) is 3.28. The lowest BCUT2D eigenvalue weighted by Crippen LogP contribution is -2.26. The van der Waals surface area contributed by atoms with Crippen LogP contribution in [-0.4, -0.2) is 21.5 Å². The zero-order valence-corrected chi connectivity index (χ0v) is 9.77. The minimum atomic E-state index is 0.444. The SMILES string of the molecule is CCCNC(c1cnnn1C)C1CC1C. The second kappa shape index (κ2) is 4.31. The summed E-state index contributed by atoms with van der Waals surface area (Å²) in [6.07, 6.45) is 4.38. The number of aromatic nitrogens is 3. The zero-order chi connectivity index (χ0) is 10.8. The Morgan fingerprint density at radius 1 is 1.67 bits per heavy atom. The van der Waals surface area contributed by atoms with Crippen molar-refractivity contribution >= 4 is 0 Å². The highest BCUT2D eigenvalue weighted by atomic mass is 15.4. The van der Waals surface area contributed by atoms with Gasteiger partial charge in [0.25, 0.3) is 0 Å². The molecule has 1 aliphatic rings. The Bertz CT molecular complexity index is 320. The summed E-state index contributed by atoms with van der Waals surface area (Å²) in [5, 5.41) is 11.6. The zero-order valence-electron chi connectivity index (χ0n) is 9.77. The molecule has 0 bridgehead atoms. The van der Waals surface area contributed by atoms with E-state index in [-0.39, 0.29) is 0 Å². The number of hydrogen-bond donors (Lipinski definition) is 1. The highest BCUT2D eigenvalue weighted by Crippen LogP contribution is 2.46. The van der Waals surface area contributed by atoms with Crippen molar-refractivity contribution in [3.05, 3.63) is 11.9 Å². The fourth-order valence-corrected chi connectivity index (χ4v) is 2.17. The second-order valence-corrected chi connectivity index (χ2v) is 4.59. The van der Waals surface area contributed by atoms with Crippen LogP contribution in [-0.2, 0) is 7.05 Å². The second-order valence-electron chi connectivity index (χ2n) is 4.59. The summed E-state index contributed by atoms with van der Waals surface area (Å²) < 4.78 is 1.89. The van der Waals surface area contributed by atoms with Gasteiger partial charge in [-0.15, -0.1) is 5.10 Å². The van der Waals surface area contributed by atoms with Gasteiger partial charge in [0.1, 0.15) is 0 Å². The minimum absolute atomic E-state index is 0.444. The smallest absolute Gasteiger partial charge is 0.0756 e. The van der Waals surface area contributed by atoms with E-state index in [2.05, 4.69) is 29.5 Å². The first-order valence-electron chi connectivity index (χ1n) is 5.82. The van der Waals surface area contributed by atoms with Crippen LogP contribution >= 0.6 is 0 Å². The Kier molecular flexibility index (Phi) is 3.05.